The number of fused-ring (bicyclic) bond motifs is 1. The Balaban J connectivity index is 1.25. The number of likely N-dealkylation sites (tertiary alicyclic amines) is 1. The lowest BCUT2D eigenvalue weighted by molar-refractivity contribution is 0.166. The van der Waals surface area contributed by atoms with Gasteiger partial charge in [0.2, 0.25) is 0 Å². The first-order valence-electron chi connectivity index (χ1n) is 9.85. The summed E-state index contributed by atoms with van der Waals surface area (Å²) >= 11 is 0. The lowest BCUT2D eigenvalue weighted by Crippen LogP contribution is -2.35. The molecule has 28 heavy (non-hydrogen) atoms. The molecular weight excluding hydrogens is 362 g/mol. The summed E-state index contributed by atoms with van der Waals surface area (Å²) in [7, 11) is 0. The Morgan fingerprint density at radius 3 is 2.43 bits per heavy atom. The molecule has 0 N–H and O–H groups in total. The van der Waals surface area contributed by atoms with Crippen LogP contribution in [0.1, 0.15) is 24.8 Å². The highest BCUT2D eigenvalue weighted by molar-refractivity contribution is 5.75. The van der Waals surface area contributed by atoms with Gasteiger partial charge in [0.25, 0.3) is 5.56 Å². The summed E-state index contributed by atoms with van der Waals surface area (Å²) in [5.41, 5.74) is 1.27. The highest BCUT2D eigenvalue weighted by Crippen LogP contribution is 2.22. The van der Waals surface area contributed by atoms with E-state index in [4.69, 9.17) is 4.52 Å². The van der Waals surface area contributed by atoms with E-state index in [-0.39, 0.29) is 11.4 Å². The molecular formula is C22H24F2N2O2. The molecule has 1 fully saturated rings. The van der Waals surface area contributed by atoms with Gasteiger partial charge in [0.05, 0.1) is 11.9 Å². The lowest BCUT2D eigenvalue weighted by atomic mass is 9.93. The van der Waals surface area contributed by atoms with Gasteiger partial charge in [0.1, 0.15) is 11.6 Å². The van der Waals surface area contributed by atoms with E-state index in [9.17, 15) is 13.6 Å². The van der Waals surface area contributed by atoms with E-state index >= 15 is 0 Å². The Morgan fingerprint density at radius 1 is 0.964 bits per heavy atom. The molecule has 0 atom stereocenters. The van der Waals surface area contributed by atoms with Crippen molar-refractivity contribution in [1.82, 2.24) is 9.64 Å². The highest BCUT2D eigenvalue weighted by atomic mass is 19.1. The van der Waals surface area contributed by atoms with Gasteiger partial charge >= 0.3 is 0 Å². The minimum atomic E-state index is -0.401. The molecule has 0 amide bonds. The second-order valence-electron chi connectivity index (χ2n) is 7.59. The van der Waals surface area contributed by atoms with Crippen molar-refractivity contribution < 1.29 is 13.3 Å². The third-order valence-corrected chi connectivity index (χ3v) is 5.69. The minimum Gasteiger partial charge on any atom is -0.376 e. The van der Waals surface area contributed by atoms with Crippen LogP contribution in [0.4, 0.5) is 8.78 Å². The number of hydrogen-bond acceptors (Lipinski definition) is 3. The third-order valence-electron chi connectivity index (χ3n) is 5.69. The van der Waals surface area contributed by atoms with Gasteiger partial charge < -0.3 is 9.42 Å². The molecule has 6 heteroatoms. The summed E-state index contributed by atoms with van der Waals surface area (Å²) in [6.07, 6.45) is 3.99. The molecule has 4 rings (SSSR count). The van der Waals surface area contributed by atoms with Crippen molar-refractivity contribution in [3.63, 3.8) is 0 Å². The Labute approximate surface area is 162 Å². The Hall–Kier alpha value is -2.47. The van der Waals surface area contributed by atoms with Crippen LogP contribution in [-0.4, -0.2) is 29.3 Å². The summed E-state index contributed by atoms with van der Waals surface area (Å²) in [4.78, 5) is 14.8. The maximum absolute atomic E-state index is 13.3. The first-order valence-corrected chi connectivity index (χ1v) is 9.85. The molecule has 0 bridgehead atoms. The van der Waals surface area contributed by atoms with Crippen molar-refractivity contribution >= 4 is 11.0 Å². The van der Waals surface area contributed by atoms with E-state index in [1.165, 1.54) is 35.1 Å². The largest absolute Gasteiger partial charge is 0.376 e. The number of aromatic nitrogens is 1. The Kier molecular flexibility index (Phi) is 5.57. The van der Waals surface area contributed by atoms with Crippen molar-refractivity contribution in [1.29, 1.82) is 0 Å². The molecule has 3 aromatic rings. The van der Waals surface area contributed by atoms with Gasteiger partial charge in [-0.05, 0) is 74.5 Å². The van der Waals surface area contributed by atoms with Gasteiger partial charge in [0, 0.05) is 12.6 Å². The molecule has 1 aliphatic rings. The van der Waals surface area contributed by atoms with Crippen LogP contribution in [0.2, 0.25) is 0 Å². The summed E-state index contributed by atoms with van der Waals surface area (Å²) in [6.45, 7) is 3.57. The first-order chi connectivity index (χ1) is 13.6. The molecule has 0 spiro atoms. The molecule has 2 aromatic carbocycles. The number of piperidine rings is 1. The van der Waals surface area contributed by atoms with Crippen molar-refractivity contribution in [2.75, 3.05) is 19.6 Å². The third kappa shape index (κ3) is 4.33. The van der Waals surface area contributed by atoms with Crippen molar-refractivity contribution in [2.45, 2.75) is 32.2 Å². The standard InChI is InChI=1S/C22H24F2N2O2/c23-18-3-1-16(2-4-18)7-11-25-12-8-17(9-13-25)10-14-26-22(27)20-6-5-19(24)15-21(20)28-26/h1-6,15,17H,7-14H2. The minimum absolute atomic E-state index is 0.188. The number of aryl methyl sites for hydroxylation is 1. The molecule has 1 aliphatic heterocycles. The number of benzene rings is 2. The monoisotopic (exact) mass is 386 g/mol. The van der Waals surface area contributed by atoms with Crippen molar-refractivity contribution in [3.8, 4) is 0 Å². The van der Waals surface area contributed by atoms with E-state index in [2.05, 4.69) is 4.90 Å². The van der Waals surface area contributed by atoms with E-state index in [0.29, 0.717) is 23.4 Å². The van der Waals surface area contributed by atoms with Crippen LogP contribution in [0.25, 0.3) is 11.0 Å². The second-order valence-corrected chi connectivity index (χ2v) is 7.59. The quantitative estimate of drug-likeness (QED) is 0.637. The topological polar surface area (TPSA) is 38.4 Å². The zero-order valence-corrected chi connectivity index (χ0v) is 15.7. The molecule has 1 aromatic heterocycles. The molecule has 0 aliphatic carbocycles. The maximum Gasteiger partial charge on any atom is 0.290 e. The maximum atomic E-state index is 13.3. The smallest absolute Gasteiger partial charge is 0.290 e. The molecule has 1 saturated heterocycles. The van der Waals surface area contributed by atoms with E-state index < -0.39 is 5.82 Å². The van der Waals surface area contributed by atoms with Gasteiger partial charge in [-0.1, -0.05) is 12.1 Å². The fourth-order valence-corrected chi connectivity index (χ4v) is 3.93. The van der Waals surface area contributed by atoms with Crippen molar-refractivity contribution in [2.24, 2.45) is 5.92 Å². The fourth-order valence-electron chi connectivity index (χ4n) is 3.93. The predicted octanol–water partition coefficient (Wildman–Crippen LogP) is 4.22. The first kappa shape index (κ1) is 18.9. The van der Waals surface area contributed by atoms with Crippen LogP contribution >= 0.6 is 0 Å². The second kappa shape index (κ2) is 8.27. The molecule has 2 heterocycles. The van der Waals surface area contributed by atoms with Crippen LogP contribution in [0, 0.1) is 17.6 Å². The van der Waals surface area contributed by atoms with Gasteiger partial charge in [-0.15, -0.1) is 0 Å². The van der Waals surface area contributed by atoms with E-state index in [0.717, 1.165) is 50.9 Å². The van der Waals surface area contributed by atoms with E-state index in [1.807, 2.05) is 12.1 Å². The van der Waals surface area contributed by atoms with E-state index in [1.54, 1.807) is 0 Å². The molecule has 0 saturated carbocycles. The Bertz CT molecular complexity index is 986. The van der Waals surface area contributed by atoms with Gasteiger partial charge in [-0.2, -0.15) is 4.74 Å². The average molecular weight is 386 g/mol. The van der Waals surface area contributed by atoms with Gasteiger partial charge in [-0.25, -0.2) is 8.78 Å². The average Bonchev–Trinajstić information content (AvgIpc) is 3.01. The van der Waals surface area contributed by atoms with Crippen LogP contribution in [-0.2, 0) is 13.0 Å². The Morgan fingerprint density at radius 2 is 1.68 bits per heavy atom. The molecule has 4 nitrogen and oxygen atoms in total. The zero-order chi connectivity index (χ0) is 19.5. The predicted molar refractivity (Wildman–Crippen MR) is 104 cm³/mol. The molecule has 0 unspecified atom stereocenters. The van der Waals surface area contributed by atoms with Crippen LogP contribution in [0.15, 0.2) is 51.8 Å². The van der Waals surface area contributed by atoms with Crippen LogP contribution in [0.5, 0.6) is 0 Å². The zero-order valence-electron chi connectivity index (χ0n) is 15.7. The van der Waals surface area contributed by atoms with Gasteiger partial charge in [-0.3, -0.25) is 4.79 Å². The molecule has 148 valence electrons. The van der Waals surface area contributed by atoms with Crippen LogP contribution in [0.3, 0.4) is 0 Å². The van der Waals surface area contributed by atoms with Crippen molar-refractivity contribution in [3.05, 3.63) is 70.0 Å². The normalized spacial score (nSPS) is 16.1. The van der Waals surface area contributed by atoms with Crippen LogP contribution < -0.4 is 5.56 Å². The number of rotatable bonds is 6. The summed E-state index contributed by atoms with van der Waals surface area (Å²) in [5, 5.41) is 0.428. The number of hydrogen-bond donors (Lipinski definition) is 0. The fraction of sp³-hybridized carbons (Fsp3) is 0.409. The number of nitrogens with zero attached hydrogens (tertiary/aromatic N) is 2. The molecule has 0 radical (unpaired) electrons. The summed E-state index contributed by atoms with van der Waals surface area (Å²) < 4.78 is 33.1. The van der Waals surface area contributed by atoms with Gasteiger partial charge in [0.15, 0.2) is 5.58 Å². The summed E-state index contributed by atoms with van der Waals surface area (Å²) in [6, 6.07) is 10.7. The SMILES string of the molecule is O=c1c2ccc(F)cc2on1CCC1CCN(CCc2ccc(F)cc2)CC1. The summed E-state index contributed by atoms with van der Waals surface area (Å²) in [5.74, 6) is -0.0430. The highest BCUT2D eigenvalue weighted by Gasteiger charge is 2.20. The number of halogens is 2. The lowest BCUT2D eigenvalue weighted by Gasteiger charge is -2.31.